The van der Waals surface area contributed by atoms with Gasteiger partial charge in [-0.15, -0.1) is 24.0 Å². The smallest absolute Gasteiger partial charge is 0.409 e. The Kier molecular flexibility index (Phi) is 9.48. The third-order valence-electron chi connectivity index (χ3n) is 5.16. The summed E-state index contributed by atoms with van der Waals surface area (Å²) in [7, 11) is 3.45. The molecule has 164 valence electrons. The summed E-state index contributed by atoms with van der Waals surface area (Å²) in [5, 5.41) is 9.18. The molecule has 0 atom stereocenters. The van der Waals surface area contributed by atoms with E-state index in [0.29, 0.717) is 26.2 Å². The first kappa shape index (κ1) is 24.0. The summed E-state index contributed by atoms with van der Waals surface area (Å²) in [5.41, 5.74) is 1.18. The van der Waals surface area contributed by atoms with Crippen molar-refractivity contribution in [3.05, 3.63) is 42.0 Å². The first-order valence-electron chi connectivity index (χ1n) is 10.1. The summed E-state index contributed by atoms with van der Waals surface area (Å²) < 4.78 is 10.4. The van der Waals surface area contributed by atoms with Crippen LogP contribution in [0.4, 0.5) is 4.79 Å². The van der Waals surface area contributed by atoms with Crippen molar-refractivity contribution < 1.29 is 14.3 Å². The Hall–Kier alpha value is -2.23. The molecular formula is C22H31IN4O3. The largest absolute Gasteiger partial charge is 0.497 e. The molecule has 8 heteroatoms. The van der Waals surface area contributed by atoms with Gasteiger partial charge in [0.2, 0.25) is 0 Å². The van der Waals surface area contributed by atoms with Gasteiger partial charge in [-0.3, -0.25) is 4.99 Å². The number of aliphatic imine (C=N–C) groups is 1. The number of nitrogens with one attached hydrogen (secondary N) is 2. The van der Waals surface area contributed by atoms with Gasteiger partial charge in [0.25, 0.3) is 0 Å². The van der Waals surface area contributed by atoms with Crippen LogP contribution in [-0.4, -0.2) is 56.8 Å². The Morgan fingerprint density at radius 2 is 1.87 bits per heavy atom. The van der Waals surface area contributed by atoms with Gasteiger partial charge < -0.3 is 25.0 Å². The molecule has 3 rings (SSSR count). The van der Waals surface area contributed by atoms with Gasteiger partial charge in [0.15, 0.2) is 5.96 Å². The van der Waals surface area contributed by atoms with Crippen LogP contribution in [0.5, 0.6) is 5.75 Å². The number of likely N-dealkylation sites (tertiary alicyclic amines) is 1. The Labute approximate surface area is 195 Å². The van der Waals surface area contributed by atoms with Crippen molar-refractivity contribution in [2.24, 2.45) is 4.99 Å². The van der Waals surface area contributed by atoms with Gasteiger partial charge in [-0.2, -0.15) is 0 Å². The second kappa shape index (κ2) is 11.8. The fourth-order valence-corrected chi connectivity index (χ4v) is 3.51. The summed E-state index contributed by atoms with van der Waals surface area (Å²) in [6, 6.07) is 12.8. The van der Waals surface area contributed by atoms with E-state index >= 15 is 0 Å². The first-order valence-corrected chi connectivity index (χ1v) is 10.1. The number of amides is 1. The number of carbonyl (C=O) groups is 1. The van der Waals surface area contributed by atoms with Crippen molar-refractivity contribution >= 4 is 46.8 Å². The van der Waals surface area contributed by atoms with E-state index in [9.17, 15) is 4.79 Å². The molecule has 2 N–H and O–H groups in total. The van der Waals surface area contributed by atoms with Gasteiger partial charge >= 0.3 is 6.09 Å². The SMILES string of the molecule is CCOC(=O)N1CCC(NC(=NC)NCc2ccc3cc(OC)ccc3c2)CC1.I. The van der Waals surface area contributed by atoms with Crippen molar-refractivity contribution in [2.75, 3.05) is 33.9 Å². The van der Waals surface area contributed by atoms with Gasteiger partial charge in [0.05, 0.1) is 13.7 Å². The van der Waals surface area contributed by atoms with Gasteiger partial charge in [0, 0.05) is 32.7 Å². The van der Waals surface area contributed by atoms with Crippen LogP contribution in [0, 0.1) is 0 Å². The third-order valence-corrected chi connectivity index (χ3v) is 5.16. The van der Waals surface area contributed by atoms with Gasteiger partial charge in [-0.1, -0.05) is 18.2 Å². The molecule has 1 heterocycles. The average molecular weight is 526 g/mol. The van der Waals surface area contributed by atoms with Gasteiger partial charge in [-0.25, -0.2) is 4.79 Å². The number of rotatable bonds is 5. The molecular weight excluding hydrogens is 495 g/mol. The minimum Gasteiger partial charge on any atom is -0.497 e. The van der Waals surface area contributed by atoms with E-state index in [1.807, 2.05) is 19.1 Å². The summed E-state index contributed by atoms with van der Waals surface area (Å²) in [4.78, 5) is 17.9. The predicted octanol–water partition coefficient (Wildman–Crippen LogP) is 3.75. The molecule has 0 unspecified atom stereocenters. The Bertz CT molecular complexity index is 867. The highest BCUT2D eigenvalue weighted by Gasteiger charge is 2.24. The number of methoxy groups -OCH3 is 1. The number of nitrogens with zero attached hydrogens (tertiary/aromatic N) is 2. The molecule has 1 saturated heterocycles. The van der Waals surface area contributed by atoms with Crippen LogP contribution in [-0.2, 0) is 11.3 Å². The Balaban J connectivity index is 0.00000320. The van der Waals surface area contributed by atoms with E-state index in [2.05, 4.69) is 39.9 Å². The number of ether oxygens (including phenoxy) is 2. The normalized spacial score (nSPS) is 14.8. The summed E-state index contributed by atoms with van der Waals surface area (Å²) in [6.07, 6.45) is 1.52. The Morgan fingerprint density at radius 1 is 1.17 bits per heavy atom. The van der Waals surface area contributed by atoms with Crippen LogP contribution in [0.15, 0.2) is 41.4 Å². The highest BCUT2D eigenvalue weighted by molar-refractivity contribution is 14.0. The molecule has 1 aliphatic heterocycles. The average Bonchev–Trinajstić information content (AvgIpc) is 2.76. The van der Waals surface area contributed by atoms with E-state index in [0.717, 1.165) is 29.9 Å². The topological polar surface area (TPSA) is 75.2 Å². The number of fused-ring (bicyclic) bond motifs is 1. The molecule has 0 saturated carbocycles. The summed E-state index contributed by atoms with van der Waals surface area (Å²) in [6.45, 7) is 4.32. The summed E-state index contributed by atoms with van der Waals surface area (Å²) in [5.74, 6) is 1.64. The fraction of sp³-hybridized carbons (Fsp3) is 0.455. The maximum Gasteiger partial charge on any atom is 0.409 e. The number of piperidine rings is 1. The zero-order chi connectivity index (χ0) is 20.6. The molecule has 1 fully saturated rings. The van der Waals surface area contributed by atoms with Crippen LogP contribution < -0.4 is 15.4 Å². The minimum atomic E-state index is -0.220. The lowest BCUT2D eigenvalue weighted by Gasteiger charge is -2.32. The molecule has 2 aromatic carbocycles. The first-order chi connectivity index (χ1) is 14.1. The van der Waals surface area contributed by atoms with Gasteiger partial charge in [0.1, 0.15) is 5.75 Å². The molecule has 30 heavy (non-hydrogen) atoms. The van der Waals surface area contributed by atoms with E-state index in [1.165, 1.54) is 10.9 Å². The maximum absolute atomic E-state index is 11.8. The van der Waals surface area contributed by atoms with Crippen molar-refractivity contribution in [1.29, 1.82) is 0 Å². The molecule has 0 aliphatic carbocycles. The molecule has 0 radical (unpaired) electrons. The molecule has 0 aromatic heterocycles. The molecule has 0 bridgehead atoms. The number of guanidine groups is 1. The number of benzene rings is 2. The van der Waals surface area contributed by atoms with Crippen LogP contribution >= 0.6 is 24.0 Å². The van der Waals surface area contributed by atoms with E-state index in [-0.39, 0.29) is 36.1 Å². The maximum atomic E-state index is 11.8. The second-order valence-electron chi connectivity index (χ2n) is 7.08. The molecule has 2 aromatic rings. The standard InChI is InChI=1S/C22H30N4O3.HI/c1-4-29-22(27)26-11-9-19(10-12-26)25-21(23-2)24-15-16-5-6-18-14-20(28-3)8-7-17(18)13-16;/h5-8,13-14,19H,4,9-12,15H2,1-3H3,(H2,23,24,25);1H. The van der Waals surface area contributed by atoms with E-state index < -0.39 is 0 Å². The summed E-state index contributed by atoms with van der Waals surface area (Å²) >= 11 is 0. The van der Waals surface area contributed by atoms with Crippen LogP contribution in [0.2, 0.25) is 0 Å². The van der Waals surface area contributed by atoms with Gasteiger partial charge in [-0.05, 0) is 54.3 Å². The minimum absolute atomic E-state index is 0. The quantitative estimate of drug-likeness (QED) is 0.353. The molecule has 7 nitrogen and oxygen atoms in total. The van der Waals surface area contributed by atoms with Crippen LogP contribution in [0.3, 0.4) is 0 Å². The molecule has 0 spiro atoms. The lowest BCUT2D eigenvalue weighted by atomic mass is 10.1. The molecule has 1 amide bonds. The fourth-order valence-electron chi connectivity index (χ4n) is 3.51. The van der Waals surface area contributed by atoms with Crippen LogP contribution in [0.1, 0.15) is 25.3 Å². The lowest BCUT2D eigenvalue weighted by molar-refractivity contribution is 0.0963. The Morgan fingerprint density at radius 3 is 2.53 bits per heavy atom. The van der Waals surface area contributed by atoms with Crippen molar-refractivity contribution in [3.8, 4) is 5.75 Å². The van der Waals surface area contributed by atoms with E-state index in [1.54, 1.807) is 19.1 Å². The predicted molar refractivity (Wildman–Crippen MR) is 131 cm³/mol. The van der Waals surface area contributed by atoms with Crippen LogP contribution in [0.25, 0.3) is 10.8 Å². The highest BCUT2D eigenvalue weighted by Crippen LogP contribution is 2.21. The van der Waals surface area contributed by atoms with Crippen molar-refractivity contribution in [3.63, 3.8) is 0 Å². The zero-order valence-corrected chi connectivity index (χ0v) is 20.1. The van der Waals surface area contributed by atoms with Crippen molar-refractivity contribution in [1.82, 2.24) is 15.5 Å². The number of carbonyl (C=O) groups excluding carboxylic acids is 1. The second-order valence-corrected chi connectivity index (χ2v) is 7.08. The number of hydrogen-bond acceptors (Lipinski definition) is 4. The highest BCUT2D eigenvalue weighted by atomic mass is 127. The number of halogens is 1. The lowest BCUT2D eigenvalue weighted by Crippen LogP contribution is -2.49. The monoisotopic (exact) mass is 526 g/mol. The number of hydrogen-bond donors (Lipinski definition) is 2. The molecule has 1 aliphatic rings. The van der Waals surface area contributed by atoms with E-state index in [4.69, 9.17) is 9.47 Å². The zero-order valence-electron chi connectivity index (χ0n) is 17.8. The third kappa shape index (κ3) is 6.38. The van der Waals surface area contributed by atoms with Crippen molar-refractivity contribution in [2.45, 2.75) is 32.4 Å².